The van der Waals surface area contributed by atoms with E-state index in [1.54, 1.807) is 0 Å². The summed E-state index contributed by atoms with van der Waals surface area (Å²) in [6, 6.07) is 78.4. The average molecular weight is 1140 g/mol. The van der Waals surface area contributed by atoms with E-state index in [2.05, 4.69) is 269 Å². The van der Waals surface area contributed by atoms with Crippen LogP contribution in [0.1, 0.15) is 151 Å². The maximum atomic E-state index is 7.68. The molecule has 4 nitrogen and oxygen atoms in total. The van der Waals surface area contributed by atoms with Crippen molar-refractivity contribution in [1.82, 2.24) is 0 Å². The van der Waals surface area contributed by atoms with Crippen molar-refractivity contribution in [2.75, 3.05) is 12.3 Å². The van der Waals surface area contributed by atoms with Crippen LogP contribution in [0.4, 0.5) is 0 Å². The molecule has 1 spiro atoms. The van der Waals surface area contributed by atoms with E-state index in [4.69, 9.17) is 9.47 Å². The molecule has 83 heavy (non-hydrogen) atoms. The summed E-state index contributed by atoms with van der Waals surface area (Å²) in [4.78, 5) is 0. The summed E-state index contributed by atoms with van der Waals surface area (Å²) in [5, 5.41) is 8.70. The molecule has 0 aromatic heterocycles. The summed E-state index contributed by atoms with van der Waals surface area (Å²) >= 11 is 0. The van der Waals surface area contributed by atoms with E-state index >= 15 is 0 Å². The third-order valence-corrected chi connectivity index (χ3v) is 28.9. The molecule has 8 aromatic rings. The lowest BCUT2D eigenvalue weighted by Crippen LogP contribution is -2.60. The van der Waals surface area contributed by atoms with Gasteiger partial charge < -0.3 is 9.47 Å². The second kappa shape index (κ2) is 24.3. The number of benzene rings is 8. The molecule has 0 amide bonds. The highest BCUT2D eigenvalue weighted by molar-refractivity contribution is 7.96. The minimum Gasteiger partial charge on any atom is -0.340 e. The quantitative estimate of drug-likeness (QED) is 0.0499. The van der Waals surface area contributed by atoms with Crippen LogP contribution in [-0.4, -0.2) is 52.0 Å². The van der Waals surface area contributed by atoms with E-state index in [-0.39, 0.29) is 22.9 Å². The van der Waals surface area contributed by atoms with Crippen molar-refractivity contribution in [3.8, 4) is 11.5 Å². The fourth-order valence-corrected chi connectivity index (χ4v) is 24.0. The third kappa shape index (κ3) is 10.6. The van der Waals surface area contributed by atoms with Crippen molar-refractivity contribution in [1.29, 1.82) is 0 Å². The topological polar surface area (TPSA) is 24.5 Å². The molecule has 0 radical (unpaired) electrons. The lowest BCUT2D eigenvalue weighted by molar-refractivity contribution is -0.866. The lowest BCUT2D eigenvalue weighted by Gasteiger charge is -2.35. The van der Waals surface area contributed by atoms with Crippen LogP contribution in [0.2, 0.25) is 0 Å². The Bertz CT molecular complexity index is 3230. The molecule has 424 valence electrons. The van der Waals surface area contributed by atoms with Crippen molar-refractivity contribution in [3.05, 3.63) is 240 Å². The summed E-state index contributed by atoms with van der Waals surface area (Å²) in [5.74, 6) is 1.90. The Morgan fingerprint density at radius 2 is 0.711 bits per heavy atom. The fraction of sp³-hybridized carbons (Fsp3) is 0.351. The Morgan fingerprint density at radius 3 is 1.00 bits per heavy atom. The molecule has 3 aliphatic heterocycles. The number of nitrogens with zero attached hydrogens (tertiary/aromatic N) is 2. The summed E-state index contributed by atoms with van der Waals surface area (Å²) in [7, 11) is -4.14. The maximum absolute atomic E-state index is 7.68. The smallest absolute Gasteiger partial charge is 0.340 e. The van der Waals surface area contributed by atoms with Gasteiger partial charge in [-0.3, -0.25) is 0 Å². The fourth-order valence-electron chi connectivity index (χ4n) is 15.4. The molecule has 3 atom stereocenters. The normalized spacial score (nSPS) is 18.3. The van der Waals surface area contributed by atoms with Crippen molar-refractivity contribution in [2.45, 2.75) is 160 Å². The van der Waals surface area contributed by atoms with Crippen molar-refractivity contribution in [2.24, 2.45) is 0 Å². The van der Waals surface area contributed by atoms with Crippen LogP contribution in [-0.2, 0) is 10.8 Å². The molecule has 1 saturated heterocycles. The summed E-state index contributed by atoms with van der Waals surface area (Å²) in [6.45, 7) is 14.3. The van der Waals surface area contributed by atoms with E-state index < -0.39 is 20.6 Å². The van der Waals surface area contributed by atoms with Gasteiger partial charge in [-0.1, -0.05) is 184 Å². The van der Waals surface area contributed by atoms with E-state index in [1.807, 2.05) is 0 Å². The van der Waals surface area contributed by atoms with E-state index in [0.717, 1.165) is 62.3 Å². The average Bonchev–Trinajstić information content (AvgIpc) is 3.47. The van der Waals surface area contributed by atoms with Gasteiger partial charge in [-0.2, -0.15) is 0 Å². The number of rotatable bonds is 22. The van der Waals surface area contributed by atoms with Gasteiger partial charge in [0.25, 0.3) is 0 Å². The van der Waals surface area contributed by atoms with Gasteiger partial charge in [0, 0.05) is 12.8 Å². The Kier molecular flexibility index (Phi) is 16.7. The zero-order chi connectivity index (χ0) is 57.1. The molecule has 6 heteroatoms. The van der Waals surface area contributed by atoms with Gasteiger partial charge in [0.2, 0.25) is 12.1 Å². The Labute approximate surface area is 498 Å². The van der Waals surface area contributed by atoms with Crippen LogP contribution >= 0.6 is 14.5 Å². The number of hydrogen-bond donors (Lipinski definition) is 0. The number of unbranched alkanes of at least 4 members (excludes halogenated alkanes) is 2. The lowest BCUT2D eigenvalue weighted by atomic mass is 9.73. The molecule has 1 aliphatic carbocycles. The van der Waals surface area contributed by atoms with Gasteiger partial charge in [0.05, 0.1) is 23.5 Å². The van der Waals surface area contributed by atoms with Gasteiger partial charge in [-0.05, 0) is 183 Å². The zero-order valence-electron chi connectivity index (χ0n) is 50.4. The molecule has 3 unspecified atom stereocenters. The monoisotopic (exact) mass is 1130 g/mol. The highest BCUT2D eigenvalue weighted by Gasteiger charge is 2.76. The minimum absolute atomic E-state index is 0.128. The highest BCUT2D eigenvalue weighted by Crippen LogP contribution is 2.59. The first-order valence-corrected chi connectivity index (χ1v) is 35.5. The van der Waals surface area contributed by atoms with Crippen LogP contribution in [0.25, 0.3) is 0 Å². The number of aryl methyl sites for hydroxylation is 2. The SMILES string of the molecule is CCCCC(C)(CCCC)c1cc(C)c2c(c1)C=[N+]1C3CCCCC3[N+]3=Cc4cc(C(C)(CCC[P+](c5ccccc5)(c5ccccc5)c5ccccc5)CCC[P+](c5ccccc5)(c5ccccc5)c5ccccc5)cc(C)c4OC13O2. The van der Waals surface area contributed by atoms with Gasteiger partial charge in [0.15, 0.2) is 23.9 Å². The van der Waals surface area contributed by atoms with Crippen molar-refractivity contribution < 1.29 is 18.6 Å². The first-order valence-electron chi connectivity index (χ1n) is 31.6. The van der Waals surface area contributed by atoms with E-state index in [1.165, 1.54) is 117 Å². The summed E-state index contributed by atoms with van der Waals surface area (Å²) in [6.07, 6.45) is 23.3. The molecule has 1 saturated carbocycles. The Hall–Kier alpha value is -6.44. The molecule has 8 aromatic carbocycles. The first kappa shape index (κ1) is 57.0. The standard InChI is InChI=1S/C77H88N2O2P2/c1-7-9-47-75(5,48-10-8-2)63-53-59(3)73-61(55-63)57-78-71-45-29-30-46-72(71)79-58-62-56-64(54-60(4)74(62)81-77(78,79)80-73)76(6,49-31-51-82(65-33-17-11-18-34-65,66-35-19-12-20-36-66)67-37-21-13-22-38-67)50-32-52-83(68-39-23-14-24-40-68,69-41-25-15-26-42-69)70-43-27-16-28-44-70/h11-28,33-44,53-58,71-72H,7-10,29-32,45-52H2,1-6H3/q+4. The largest absolute Gasteiger partial charge is 0.704 e. The summed E-state index contributed by atoms with van der Waals surface area (Å²) < 4.78 is 20.3. The van der Waals surface area contributed by atoms with Gasteiger partial charge >= 0.3 is 6.03 Å². The van der Waals surface area contributed by atoms with Gasteiger partial charge in [0.1, 0.15) is 46.4 Å². The van der Waals surface area contributed by atoms with Crippen molar-refractivity contribution >= 4 is 58.8 Å². The van der Waals surface area contributed by atoms with E-state index in [0.29, 0.717) is 0 Å². The highest BCUT2D eigenvalue weighted by atomic mass is 31.2. The van der Waals surface area contributed by atoms with Crippen LogP contribution < -0.4 is 41.3 Å². The molecule has 12 rings (SSSR count). The van der Waals surface area contributed by atoms with Crippen molar-refractivity contribution in [3.63, 3.8) is 0 Å². The first-order chi connectivity index (χ1) is 40.5. The second-order valence-electron chi connectivity index (χ2n) is 25.3. The zero-order valence-corrected chi connectivity index (χ0v) is 52.1. The molecule has 3 heterocycles. The second-order valence-corrected chi connectivity index (χ2v) is 32.5. The molecule has 2 fully saturated rings. The number of ether oxygens (including phenoxy) is 2. The predicted octanol–water partition coefficient (Wildman–Crippen LogP) is 16.0. The minimum atomic E-state index is -2.07. The van der Waals surface area contributed by atoms with Crippen LogP contribution in [0.3, 0.4) is 0 Å². The Balaban J connectivity index is 0.955. The van der Waals surface area contributed by atoms with E-state index in [9.17, 15) is 0 Å². The molecule has 0 N–H and O–H groups in total. The maximum Gasteiger partial charge on any atom is 0.704 e. The number of fused-ring (bicyclic) bond motifs is 5. The predicted molar refractivity (Wildman–Crippen MR) is 355 cm³/mol. The van der Waals surface area contributed by atoms with Crippen LogP contribution in [0.5, 0.6) is 11.5 Å². The molecule has 4 aliphatic rings. The van der Waals surface area contributed by atoms with Crippen LogP contribution in [0.15, 0.2) is 206 Å². The van der Waals surface area contributed by atoms with Gasteiger partial charge in [-0.25, -0.2) is 0 Å². The third-order valence-electron chi connectivity index (χ3n) is 19.9. The molecular weight excluding hydrogens is 1050 g/mol. The Morgan fingerprint density at radius 1 is 0.422 bits per heavy atom. The van der Waals surface area contributed by atoms with Crippen LogP contribution in [0, 0.1) is 13.8 Å². The molecule has 0 bridgehead atoms. The van der Waals surface area contributed by atoms with Gasteiger partial charge in [-0.15, -0.1) is 0 Å². The summed E-state index contributed by atoms with van der Waals surface area (Å²) in [5.41, 5.74) is 7.57. The molecular formula is C77H88N2O2P2+4. The number of hydrogen-bond acceptors (Lipinski definition) is 2.